The third kappa shape index (κ3) is 2.29. The Morgan fingerprint density at radius 2 is 2.27 bits per heavy atom. The third-order valence-corrected chi connectivity index (χ3v) is 5.52. The molecule has 2 aromatic heterocycles. The predicted molar refractivity (Wildman–Crippen MR) is 70.1 cm³/mol. The number of thiophene rings is 2. The Bertz CT molecular complexity index is 458. The Morgan fingerprint density at radius 3 is 2.73 bits per heavy atom. The zero-order valence-corrected chi connectivity index (χ0v) is 11.8. The van der Waals surface area contributed by atoms with Crippen molar-refractivity contribution in [3.63, 3.8) is 0 Å². The molecule has 2 rings (SSSR count). The molecule has 1 unspecified atom stereocenters. The van der Waals surface area contributed by atoms with Crippen molar-refractivity contribution in [1.82, 2.24) is 0 Å². The van der Waals surface area contributed by atoms with Crippen LogP contribution in [0.2, 0.25) is 4.34 Å². The molecule has 0 aliphatic rings. The summed E-state index contributed by atoms with van der Waals surface area (Å²) < 4.78 is 1.52. The van der Waals surface area contributed by atoms with E-state index < -0.39 is 6.10 Å². The topological polar surface area (TPSA) is 20.2 Å². The molecule has 80 valence electrons. The molecule has 0 saturated heterocycles. The summed E-state index contributed by atoms with van der Waals surface area (Å²) >= 11 is 12.3. The molecule has 0 amide bonds. The van der Waals surface area contributed by atoms with Gasteiger partial charge >= 0.3 is 0 Å². The number of hydrogen-bond donors (Lipinski definition) is 1. The van der Waals surface area contributed by atoms with Crippen LogP contribution in [0.5, 0.6) is 0 Å². The quantitative estimate of drug-likeness (QED) is 0.855. The van der Waals surface area contributed by atoms with E-state index in [-0.39, 0.29) is 0 Å². The van der Waals surface area contributed by atoms with E-state index in [1.807, 2.05) is 24.4 Å². The van der Waals surface area contributed by atoms with E-state index in [1.54, 1.807) is 11.3 Å². The van der Waals surface area contributed by atoms with E-state index in [0.717, 1.165) is 19.8 Å². The van der Waals surface area contributed by atoms with Gasteiger partial charge < -0.3 is 5.11 Å². The van der Waals surface area contributed by atoms with E-state index in [9.17, 15) is 5.11 Å². The average molecular weight is 324 g/mol. The summed E-state index contributed by atoms with van der Waals surface area (Å²) in [5.41, 5.74) is 0.963. The highest BCUT2D eigenvalue weighted by atomic mass is 79.9. The van der Waals surface area contributed by atoms with Crippen LogP contribution in [0.1, 0.15) is 21.4 Å². The molecular formula is C10H8BrClOS2. The van der Waals surface area contributed by atoms with Crippen molar-refractivity contribution in [2.75, 3.05) is 0 Å². The monoisotopic (exact) mass is 322 g/mol. The summed E-state index contributed by atoms with van der Waals surface area (Å²) in [6, 6.07) is 3.82. The highest BCUT2D eigenvalue weighted by Crippen LogP contribution is 2.38. The van der Waals surface area contributed by atoms with Crippen LogP contribution in [0.25, 0.3) is 0 Å². The number of aliphatic hydroxyl groups is 1. The van der Waals surface area contributed by atoms with Crippen molar-refractivity contribution in [1.29, 1.82) is 0 Å². The molecule has 0 aliphatic heterocycles. The normalized spacial score (nSPS) is 13.1. The van der Waals surface area contributed by atoms with Crippen LogP contribution in [0.4, 0.5) is 0 Å². The molecule has 0 aromatic carbocycles. The second-order valence-electron chi connectivity index (χ2n) is 3.11. The van der Waals surface area contributed by atoms with Crippen LogP contribution < -0.4 is 0 Å². The third-order valence-electron chi connectivity index (χ3n) is 2.13. The Kier molecular flexibility index (Phi) is 3.52. The number of aryl methyl sites for hydroxylation is 1. The summed E-state index contributed by atoms with van der Waals surface area (Å²) in [5.74, 6) is 0. The van der Waals surface area contributed by atoms with E-state index in [1.165, 1.54) is 11.3 Å². The zero-order valence-electron chi connectivity index (χ0n) is 7.83. The van der Waals surface area contributed by atoms with Gasteiger partial charge in [-0.25, -0.2) is 0 Å². The lowest BCUT2D eigenvalue weighted by Crippen LogP contribution is -1.96. The van der Waals surface area contributed by atoms with Crippen molar-refractivity contribution in [3.05, 3.63) is 41.6 Å². The van der Waals surface area contributed by atoms with Gasteiger partial charge in [0.25, 0.3) is 0 Å². The zero-order chi connectivity index (χ0) is 11.0. The molecule has 0 spiro atoms. The fourth-order valence-electron chi connectivity index (χ4n) is 1.33. The first kappa shape index (κ1) is 11.6. The standard InChI is InChI=1S/C10H8BrClOS2/c1-5-6(2-3-14-5)9(13)8-4-7(11)10(12)15-8/h2-4,9,13H,1H3. The van der Waals surface area contributed by atoms with Crippen LogP contribution >= 0.6 is 50.2 Å². The van der Waals surface area contributed by atoms with Crippen LogP contribution in [-0.4, -0.2) is 5.11 Å². The van der Waals surface area contributed by atoms with Gasteiger partial charge in [-0.1, -0.05) is 11.6 Å². The first-order chi connectivity index (χ1) is 7.09. The van der Waals surface area contributed by atoms with Crippen molar-refractivity contribution in [2.24, 2.45) is 0 Å². The van der Waals surface area contributed by atoms with Gasteiger partial charge in [0.15, 0.2) is 0 Å². The van der Waals surface area contributed by atoms with Gasteiger partial charge in [-0.05, 0) is 45.9 Å². The van der Waals surface area contributed by atoms with Crippen molar-refractivity contribution < 1.29 is 5.11 Å². The Morgan fingerprint density at radius 1 is 1.53 bits per heavy atom. The minimum absolute atomic E-state index is 0.565. The molecule has 1 atom stereocenters. The lowest BCUT2D eigenvalue weighted by molar-refractivity contribution is 0.224. The molecule has 5 heteroatoms. The number of hydrogen-bond acceptors (Lipinski definition) is 3. The summed E-state index contributed by atoms with van der Waals surface area (Å²) in [4.78, 5) is 2.01. The molecule has 0 fully saturated rings. The van der Waals surface area contributed by atoms with Gasteiger partial charge in [-0.2, -0.15) is 0 Å². The largest absolute Gasteiger partial charge is 0.383 e. The molecule has 0 bridgehead atoms. The number of rotatable bonds is 2. The number of aliphatic hydroxyl groups excluding tert-OH is 1. The van der Waals surface area contributed by atoms with Crippen LogP contribution in [0, 0.1) is 6.92 Å². The van der Waals surface area contributed by atoms with Gasteiger partial charge in [0, 0.05) is 14.2 Å². The van der Waals surface area contributed by atoms with Gasteiger partial charge in [0.05, 0.1) is 0 Å². The smallest absolute Gasteiger partial charge is 0.114 e. The molecule has 0 radical (unpaired) electrons. The molecule has 15 heavy (non-hydrogen) atoms. The average Bonchev–Trinajstić information content (AvgIpc) is 2.74. The van der Waals surface area contributed by atoms with Gasteiger partial charge in [0.2, 0.25) is 0 Å². The summed E-state index contributed by atoms with van der Waals surface area (Å²) in [5, 5.41) is 12.1. The summed E-state index contributed by atoms with van der Waals surface area (Å²) in [7, 11) is 0. The van der Waals surface area contributed by atoms with Gasteiger partial charge in [-0.15, -0.1) is 22.7 Å². The lowest BCUT2D eigenvalue weighted by atomic mass is 10.1. The maximum atomic E-state index is 10.1. The van der Waals surface area contributed by atoms with Crippen LogP contribution in [0.15, 0.2) is 22.0 Å². The Hall–Kier alpha value is 0.130. The van der Waals surface area contributed by atoms with Gasteiger partial charge in [-0.3, -0.25) is 0 Å². The SMILES string of the molecule is Cc1sccc1C(O)c1cc(Br)c(Cl)s1. The van der Waals surface area contributed by atoms with Crippen molar-refractivity contribution in [3.8, 4) is 0 Å². The van der Waals surface area contributed by atoms with Crippen LogP contribution in [-0.2, 0) is 0 Å². The van der Waals surface area contributed by atoms with E-state index in [0.29, 0.717) is 4.34 Å². The first-order valence-electron chi connectivity index (χ1n) is 4.26. The lowest BCUT2D eigenvalue weighted by Gasteiger charge is -2.07. The molecule has 0 aliphatic carbocycles. The second-order valence-corrected chi connectivity index (χ2v) is 6.77. The minimum atomic E-state index is -0.565. The fraction of sp³-hybridized carbons (Fsp3) is 0.200. The molecule has 1 N–H and O–H groups in total. The van der Waals surface area contributed by atoms with Gasteiger partial charge in [0.1, 0.15) is 10.4 Å². The maximum absolute atomic E-state index is 10.1. The molecule has 2 aromatic rings. The highest BCUT2D eigenvalue weighted by molar-refractivity contribution is 9.10. The molecular weight excluding hydrogens is 316 g/mol. The maximum Gasteiger partial charge on any atom is 0.114 e. The fourth-order valence-corrected chi connectivity index (χ4v) is 3.81. The highest BCUT2D eigenvalue weighted by Gasteiger charge is 2.17. The Labute approximate surface area is 109 Å². The second kappa shape index (κ2) is 4.55. The number of halogens is 2. The first-order valence-corrected chi connectivity index (χ1v) is 7.13. The van der Waals surface area contributed by atoms with Crippen molar-refractivity contribution >= 4 is 50.2 Å². The van der Waals surface area contributed by atoms with E-state index >= 15 is 0 Å². The van der Waals surface area contributed by atoms with E-state index in [4.69, 9.17) is 11.6 Å². The Balaban J connectivity index is 2.36. The van der Waals surface area contributed by atoms with Crippen LogP contribution in [0.3, 0.4) is 0 Å². The summed E-state index contributed by atoms with van der Waals surface area (Å²) in [6.45, 7) is 2.01. The predicted octanol–water partition coefficient (Wildman–Crippen LogP) is 4.62. The van der Waals surface area contributed by atoms with Crippen molar-refractivity contribution in [2.45, 2.75) is 13.0 Å². The van der Waals surface area contributed by atoms with E-state index in [2.05, 4.69) is 15.9 Å². The molecule has 1 nitrogen and oxygen atoms in total. The molecule has 0 saturated carbocycles. The summed E-state index contributed by atoms with van der Waals surface area (Å²) in [6.07, 6.45) is -0.565. The minimum Gasteiger partial charge on any atom is -0.383 e. The molecule has 2 heterocycles.